The number of thioether (sulfide) groups is 1. The first-order valence-electron chi connectivity index (χ1n) is 8.28. The summed E-state index contributed by atoms with van der Waals surface area (Å²) in [5, 5.41) is 9.55. The number of anilines is 1. The lowest BCUT2D eigenvalue weighted by molar-refractivity contribution is -0.137. The lowest BCUT2D eigenvalue weighted by atomic mass is 10.1. The van der Waals surface area contributed by atoms with Crippen LogP contribution in [0, 0.1) is 6.92 Å². The van der Waals surface area contributed by atoms with Crippen LogP contribution in [0.4, 0.5) is 18.9 Å². The number of para-hydroxylation sites is 1. The molecule has 2 aromatic carbocycles. The summed E-state index contributed by atoms with van der Waals surface area (Å²) < 4.78 is 44.7. The maximum Gasteiger partial charge on any atom is 0.418 e. The van der Waals surface area contributed by atoms with E-state index < -0.39 is 22.9 Å². The Bertz CT molecular complexity index is 971. The smallest absolute Gasteiger partial charge is 0.411 e. The van der Waals surface area contributed by atoms with E-state index in [9.17, 15) is 18.0 Å². The summed E-state index contributed by atoms with van der Waals surface area (Å²) in [7, 11) is 0. The lowest BCUT2D eigenvalue weighted by Crippen LogP contribution is -2.24. The maximum atomic E-state index is 13.0. The highest BCUT2D eigenvalue weighted by atomic mass is 32.2. The number of hydrogen-bond donors (Lipinski definition) is 1. The van der Waals surface area contributed by atoms with E-state index in [1.165, 1.54) is 18.2 Å². The summed E-state index contributed by atoms with van der Waals surface area (Å²) in [6.07, 6.45) is -4.56. The number of nitrogens with zero attached hydrogens (tertiary/aromatic N) is 2. The van der Waals surface area contributed by atoms with Crippen LogP contribution in [0.15, 0.2) is 58.2 Å². The molecular weight excluding hydrogens is 391 g/mol. The van der Waals surface area contributed by atoms with E-state index in [-0.39, 0.29) is 10.9 Å². The number of benzene rings is 2. The Labute approximate surface area is 163 Å². The van der Waals surface area contributed by atoms with Gasteiger partial charge in [0.05, 0.1) is 16.5 Å². The van der Waals surface area contributed by atoms with Crippen molar-refractivity contribution in [3.8, 4) is 11.5 Å². The van der Waals surface area contributed by atoms with Gasteiger partial charge in [0.2, 0.25) is 11.8 Å². The van der Waals surface area contributed by atoms with Crippen molar-refractivity contribution >= 4 is 23.4 Å². The van der Waals surface area contributed by atoms with Crippen molar-refractivity contribution in [3.63, 3.8) is 0 Å². The predicted molar refractivity (Wildman–Crippen MR) is 99.9 cm³/mol. The third kappa shape index (κ3) is 4.72. The normalized spacial score (nSPS) is 12.6. The zero-order valence-corrected chi connectivity index (χ0v) is 15.8. The molecule has 0 fully saturated rings. The SMILES string of the molecule is Cc1ccc(-c2nnc(S[C@@H](C)C(=O)Nc3ccccc3C(F)(F)F)o2)cc1. The molecule has 28 heavy (non-hydrogen) atoms. The summed E-state index contributed by atoms with van der Waals surface area (Å²) in [6.45, 7) is 3.50. The number of aromatic nitrogens is 2. The first-order valence-corrected chi connectivity index (χ1v) is 9.16. The molecule has 0 aliphatic carbocycles. The minimum atomic E-state index is -4.56. The van der Waals surface area contributed by atoms with Gasteiger partial charge in [-0.3, -0.25) is 4.79 Å². The fourth-order valence-corrected chi connectivity index (χ4v) is 3.03. The molecule has 0 saturated carbocycles. The van der Waals surface area contributed by atoms with Crippen LogP contribution in [0.1, 0.15) is 18.1 Å². The number of hydrogen-bond acceptors (Lipinski definition) is 5. The molecule has 0 unspecified atom stereocenters. The zero-order chi connectivity index (χ0) is 20.3. The van der Waals surface area contributed by atoms with Crippen LogP contribution >= 0.6 is 11.8 Å². The van der Waals surface area contributed by atoms with Gasteiger partial charge in [0.15, 0.2) is 0 Å². The number of rotatable bonds is 5. The molecule has 0 saturated heterocycles. The van der Waals surface area contributed by atoms with Crippen LogP contribution in [0.2, 0.25) is 0 Å². The number of carbonyl (C=O) groups is 1. The van der Waals surface area contributed by atoms with Gasteiger partial charge < -0.3 is 9.73 Å². The monoisotopic (exact) mass is 407 g/mol. The number of nitrogens with one attached hydrogen (secondary N) is 1. The van der Waals surface area contributed by atoms with Crippen LogP contribution in [0.3, 0.4) is 0 Å². The van der Waals surface area contributed by atoms with E-state index in [4.69, 9.17) is 4.42 Å². The van der Waals surface area contributed by atoms with E-state index in [2.05, 4.69) is 15.5 Å². The minimum absolute atomic E-state index is 0.155. The Morgan fingerprint density at radius 1 is 1.11 bits per heavy atom. The predicted octanol–water partition coefficient (Wildman–Crippen LogP) is 5.18. The fraction of sp³-hybridized carbons (Fsp3) is 0.211. The van der Waals surface area contributed by atoms with Gasteiger partial charge in [-0.15, -0.1) is 10.2 Å². The molecule has 0 radical (unpaired) electrons. The summed E-state index contributed by atoms with van der Waals surface area (Å²) in [5.41, 5.74) is 0.627. The molecule has 0 aliphatic rings. The van der Waals surface area contributed by atoms with Crippen LogP contribution in [0.25, 0.3) is 11.5 Å². The lowest BCUT2D eigenvalue weighted by Gasteiger charge is -2.15. The van der Waals surface area contributed by atoms with Crippen LogP contribution in [-0.2, 0) is 11.0 Å². The number of alkyl halides is 3. The van der Waals surface area contributed by atoms with E-state index >= 15 is 0 Å². The van der Waals surface area contributed by atoms with Gasteiger partial charge in [0.1, 0.15) is 0 Å². The molecular formula is C19H16F3N3O2S. The zero-order valence-electron chi connectivity index (χ0n) is 14.9. The van der Waals surface area contributed by atoms with Crippen LogP contribution in [-0.4, -0.2) is 21.4 Å². The average Bonchev–Trinajstić information content (AvgIpc) is 3.10. The molecule has 0 aliphatic heterocycles. The third-order valence-electron chi connectivity index (χ3n) is 3.84. The summed E-state index contributed by atoms with van der Waals surface area (Å²) in [4.78, 5) is 12.3. The fourth-order valence-electron chi connectivity index (χ4n) is 2.35. The van der Waals surface area contributed by atoms with Crippen molar-refractivity contribution in [1.82, 2.24) is 10.2 Å². The number of carbonyl (C=O) groups excluding carboxylic acids is 1. The van der Waals surface area contributed by atoms with Crippen molar-refractivity contribution in [2.45, 2.75) is 30.5 Å². The molecule has 1 aromatic heterocycles. The molecule has 1 amide bonds. The molecule has 0 spiro atoms. The van der Waals surface area contributed by atoms with E-state index in [0.717, 1.165) is 29.0 Å². The number of halogens is 3. The van der Waals surface area contributed by atoms with Gasteiger partial charge in [-0.25, -0.2) is 0 Å². The first-order chi connectivity index (χ1) is 13.2. The topological polar surface area (TPSA) is 68.0 Å². The quantitative estimate of drug-likeness (QED) is 0.590. The summed E-state index contributed by atoms with van der Waals surface area (Å²) in [6, 6.07) is 12.3. The third-order valence-corrected chi connectivity index (χ3v) is 4.78. The Kier molecular flexibility index (Phi) is 5.73. The first kappa shape index (κ1) is 19.9. The molecule has 3 rings (SSSR count). The second kappa shape index (κ2) is 8.05. The highest BCUT2D eigenvalue weighted by Gasteiger charge is 2.34. The Hall–Kier alpha value is -2.81. The van der Waals surface area contributed by atoms with Gasteiger partial charge >= 0.3 is 6.18 Å². The van der Waals surface area contributed by atoms with E-state index in [0.29, 0.717) is 5.89 Å². The number of amides is 1. The molecule has 3 aromatic rings. The standard InChI is InChI=1S/C19H16F3N3O2S/c1-11-7-9-13(10-8-11)17-24-25-18(27-17)28-12(2)16(26)23-15-6-4-3-5-14(15)19(20,21)22/h3-10,12H,1-2H3,(H,23,26)/t12-/m0/s1. The van der Waals surface area contributed by atoms with E-state index in [1.807, 2.05) is 31.2 Å². The molecule has 0 bridgehead atoms. The van der Waals surface area contributed by atoms with Gasteiger partial charge in [-0.05, 0) is 38.1 Å². The second-order valence-corrected chi connectivity index (χ2v) is 7.32. The molecule has 146 valence electrons. The molecule has 1 heterocycles. The Morgan fingerprint density at radius 2 is 1.79 bits per heavy atom. The van der Waals surface area contributed by atoms with Gasteiger partial charge in [0, 0.05) is 5.56 Å². The summed E-state index contributed by atoms with van der Waals surface area (Å²) in [5.74, 6) is -0.297. The van der Waals surface area contributed by atoms with Crippen LogP contribution < -0.4 is 5.32 Å². The van der Waals surface area contributed by atoms with Crippen molar-refractivity contribution in [2.24, 2.45) is 0 Å². The molecule has 1 atom stereocenters. The number of aryl methyl sites for hydroxylation is 1. The van der Waals surface area contributed by atoms with Gasteiger partial charge in [-0.2, -0.15) is 13.2 Å². The van der Waals surface area contributed by atoms with Gasteiger partial charge in [-0.1, -0.05) is 41.6 Å². The van der Waals surface area contributed by atoms with Crippen LogP contribution in [0.5, 0.6) is 0 Å². The highest BCUT2D eigenvalue weighted by molar-refractivity contribution is 8.00. The Balaban J connectivity index is 1.68. The van der Waals surface area contributed by atoms with Crippen molar-refractivity contribution in [1.29, 1.82) is 0 Å². The van der Waals surface area contributed by atoms with Gasteiger partial charge in [0.25, 0.3) is 5.22 Å². The van der Waals surface area contributed by atoms with Crippen molar-refractivity contribution < 1.29 is 22.4 Å². The maximum absolute atomic E-state index is 13.0. The van der Waals surface area contributed by atoms with Crippen molar-refractivity contribution in [3.05, 3.63) is 59.7 Å². The van der Waals surface area contributed by atoms with Crippen molar-refractivity contribution in [2.75, 3.05) is 5.32 Å². The summed E-state index contributed by atoms with van der Waals surface area (Å²) >= 11 is 0.969. The minimum Gasteiger partial charge on any atom is -0.411 e. The highest BCUT2D eigenvalue weighted by Crippen LogP contribution is 2.35. The molecule has 1 N–H and O–H groups in total. The Morgan fingerprint density at radius 3 is 2.46 bits per heavy atom. The average molecular weight is 407 g/mol. The molecule has 5 nitrogen and oxygen atoms in total. The second-order valence-electron chi connectivity index (χ2n) is 6.03. The molecule has 9 heteroatoms. The largest absolute Gasteiger partial charge is 0.418 e. The van der Waals surface area contributed by atoms with E-state index in [1.54, 1.807) is 6.92 Å².